The molecule has 0 saturated heterocycles. The molecule has 1 aromatic carbocycles. The molecule has 15 heavy (non-hydrogen) atoms. The molecule has 0 saturated carbocycles. The van der Waals surface area contributed by atoms with Gasteiger partial charge in [0, 0.05) is 16.6 Å². The van der Waals surface area contributed by atoms with Crippen LogP contribution in [0.25, 0.3) is 5.57 Å². The van der Waals surface area contributed by atoms with Gasteiger partial charge in [-0.1, -0.05) is 6.58 Å². The molecule has 4 nitrogen and oxygen atoms in total. The average molecular weight is 271 g/mol. The molecule has 0 amide bonds. The lowest BCUT2D eigenvalue weighted by Gasteiger charge is -2.06. The molecule has 0 bridgehead atoms. The summed E-state index contributed by atoms with van der Waals surface area (Å²) in [5.41, 5.74) is 7.21. The van der Waals surface area contributed by atoms with E-state index in [2.05, 4.69) is 22.5 Å². The topological polar surface area (TPSA) is 69.2 Å². The molecule has 0 fully saturated rings. The standard InChI is InChI=1S/C10H11BrN2O2/c1-7(4-5-12)9-3-2-8(13(14)15)6-10(9)11/h2-3,6H,1,4-5,12H2. The summed E-state index contributed by atoms with van der Waals surface area (Å²) in [5, 5.41) is 10.5. The number of halogens is 1. The van der Waals surface area contributed by atoms with E-state index >= 15 is 0 Å². The van der Waals surface area contributed by atoms with E-state index in [-0.39, 0.29) is 5.69 Å². The fourth-order valence-electron chi connectivity index (χ4n) is 1.21. The van der Waals surface area contributed by atoms with Crippen LogP contribution in [-0.4, -0.2) is 11.5 Å². The summed E-state index contributed by atoms with van der Waals surface area (Å²) in [7, 11) is 0. The van der Waals surface area contributed by atoms with Gasteiger partial charge in [0.2, 0.25) is 0 Å². The molecule has 0 aliphatic heterocycles. The molecule has 0 spiro atoms. The van der Waals surface area contributed by atoms with Crippen LogP contribution in [0.2, 0.25) is 0 Å². The van der Waals surface area contributed by atoms with Crippen molar-refractivity contribution in [3.05, 3.63) is 44.9 Å². The SMILES string of the molecule is C=C(CCN)c1ccc([N+](=O)[O-])cc1Br. The van der Waals surface area contributed by atoms with Crippen molar-refractivity contribution in [2.75, 3.05) is 6.54 Å². The molecule has 0 heterocycles. The Labute approximate surface area is 96.1 Å². The number of hydrogen-bond donors (Lipinski definition) is 1. The van der Waals surface area contributed by atoms with Crippen molar-refractivity contribution in [3.8, 4) is 0 Å². The molecular weight excluding hydrogens is 260 g/mol. The summed E-state index contributed by atoms with van der Waals surface area (Å²) >= 11 is 3.28. The highest BCUT2D eigenvalue weighted by molar-refractivity contribution is 9.10. The molecule has 0 aliphatic rings. The maximum atomic E-state index is 10.5. The zero-order valence-electron chi connectivity index (χ0n) is 8.07. The maximum absolute atomic E-state index is 10.5. The van der Waals surface area contributed by atoms with E-state index in [0.717, 1.165) is 11.1 Å². The van der Waals surface area contributed by atoms with Crippen molar-refractivity contribution >= 4 is 27.2 Å². The normalized spacial score (nSPS) is 10.0. The van der Waals surface area contributed by atoms with Gasteiger partial charge >= 0.3 is 0 Å². The largest absolute Gasteiger partial charge is 0.330 e. The van der Waals surface area contributed by atoms with Gasteiger partial charge in [-0.2, -0.15) is 0 Å². The number of nitrogens with zero attached hydrogens (tertiary/aromatic N) is 1. The third-order valence-electron chi connectivity index (χ3n) is 1.99. The Kier molecular flexibility index (Phi) is 3.99. The molecule has 2 N–H and O–H groups in total. The van der Waals surface area contributed by atoms with Crippen LogP contribution in [0.5, 0.6) is 0 Å². The number of hydrogen-bond acceptors (Lipinski definition) is 3. The Morgan fingerprint density at radius 2 is 2.27 bits per heavy atom. The second-order valence-corrected chi connectivity index (χ2v) is 3.92. The van der Waals surface area contributed by atoms with Crippen LogP contribution in [0.4, 0.5) is 5.69 Å². The molecule has 0 unspecified atom stereocenters. The summed E-state index contributed by atoms with van der Waals surface area (Å²) in [6.45, 7) is 4.39. The Hall–Kier alpha value is -1.20. The van der Waals surface area contributed by atoms with E-state index in [9.17, 15) is 10.1 Å². The van der Waals surface area contributed by atoms with Crippen molar-refractivity contribution in [2.24, 2.45) is 5.73 Å². The lowest BCUT2D eigenvalue weighted by molar-refractivity contribution is -0.384. The number of nitro groups is 1. The Bertz CT molecular complexity index is 404. The van der Waals surface area contributed by atoms with Gasteiger partial charge in [-0.3, -0.25) is 10.1 Å². The predicted molar refractivity (Wildman–Crippen MR) is 63.5 cm³/mol. The van der Waals surface area contributed by atoms with Crippen LogP contribution < -0.4 is 5.73 Å². The molecule has 0 aliphatic carbocycles. The highest BCUT2D eigenvalue weighted by atomic mass is 79.9. The lowest BCUT2D eigenvalue weighted by Crippen LogP contribution is -2.00. The van der Waals surface area contributed by atoms with Gasteiger partial charge in [0.05, 0.1) is 4.92 Å². The van der Waals surface area contributed by atoms with Gasteiger partial charge in [0.25, 0.3) is 5.69 Å². The number of nitro benzene ring substituents is 1. The first-order valence-corrected chi connectivity index (χ1v) is 5.17. The summed E-state index contributed by atoms with van der Waals surface area (Å²) < 4.78 is 0.676. The molecule has 0 radical (unpaired) electrons. The van der Waals surface area contributed by atoms with Crippen LogP contribution in [0.15, 0.2) is 29.3 Å². The van der Waals surface area contributed by atoms with Crippen LogP contribution in [-0.2, 0) is 0 Å². The first-order valence-electron chi connectivity index (χ1n) is 4.38. The molecular formula is C10H11BrN2O2. The van der Waals surface area contributed by atoms with E-state index < -0.39 is 4.92 Å². The second kappa shape index (κ2) is 5.04. The average Bonchev–Trinajstić information content (AvgIpc) is 2.17. The first kappa shape index (κ1) is 11.9. The van der Waals surface area contributed by atoms with Crippen LogP contribution in [0.1, 0.15) is 12.0 Å². The summed E-state index contributed by atoms with van der Waals surface area (Å²) in [6.07, 6.45) is 0.677. The zero-order chi connectivity index (χ0) is 11.4. The lowest BCUT2D eigenvalue weighted by atomic mass is 10.0. The van der Waals surface area contributed by atoms with Crippen molar-refractivity contribution in [1.82, 2.24) is 0 Å². The predicted octanol–water partition coefficient (Wildman–Crippen LogP) is 2.72. The highest BCUT2D eigenvalue weighted by Gasteiger charge is 2.10. The van der Waals surface area contributed by atoms with E-state index in [4.69, 9.17) is 5.73 Å². The Morgan fingerprint density at radius 3 is 2.73 bits per heavy atom. The summed E-state index contributed by atoms with van der Waals surface area (Å²) in [4.78, 5) is 10.1. The van der Waals surface area contributed by atoms with Crippen LogP contribution in [0, 0.1) is 10.1 Å². The molecule has 1 aromatic rings. The minimum Gasteiger partial charge on any atom is -0.330 e. The van der Waals surface area contributed by atoms with Gasteiger partial charge in [-0.25, -0.2) is 0 Å². The van der Waals surface area contributed by atoms with E-state index in [1.807, 2.05) is 0 Å². The fraction of sp³-hybridized carbons (Fsp3) is 0.200. The summed E-state index contributed by atoms with van der Waals surface area (Å²) in [6, 6.07) is 4.61. The van der Waals surface area contributed by atoms with E-state index in [1.54, 1.807) is 6.07 Å². The third-order valence-corrected chi connectivity index (χ3v) is 2.65. The molecule has 1 rings (SSSR count). The minimum absolute atomic E-state index is 0.0613. The number of non-ortho nitro benzene ring substituents is 1. The Balaban J connectivity index is 3.03. The zero-order valence-corrected chi connectivity index (χ0v) is 9.66. The van der Waals surface area contributed by atoms with Crippen molar-refractivity contribution < 1.29 is 4.92 Å². The van der Waals surface area contributed by atoms with Gasteiger partial charge in [-0.05, 0) is 46.1 Å². The maximum Gasteiger partial charge on any atom is 0.270 e. The van der Waals surface area contributed by atoms with Gasteiger partial charge < -0.3 is 5.73 Å². The first-order chi connectivity index (χ1) is 7.06. The van der Waals surface area contributed by atoms with Crippen molar-refractivity contribution in [2.45, 2.75) is 6.42 Å². The van der Waals surface area contributed by atoms with Crippen molar-refractivity contribution in [3.63, 3.8) is 0 Å². The monoisotopic (exact) mass is 270 g/mol. The van der Waals surface area contributed by atoms with Gasteiger partial charge in [0.15, 0.2) is 0 Å². The van der Waals surface area contributed by atoms with Crippen molar-refractivity contribution in [1.29, 1.82) is 0 Å². The second-order valence-electron chi connectivity index (χ2n) is 3.06. The van der Waals surface area contributed by atoms with Gasteiger partial charge in [0.1, 0.15) is 0 Å². The van der Waals surface area contributed by atoms with Gasteiger partial charge in [-0.15, -0.1) is 0 Å². The minimum atomic E-state index is -0.430. The van der Waals surface area contributed by atoms with E-state index in [1.165, 1.54) is 12.1 Å². The van der Waals surface area contributed by atoms with Crippen LogP contribution >= 0.6 is 15.9 Å². The third kappa shape index (κ3) is 2.87. The number of benzene rings is 1. The molecule has 80 valence electrons. The smallest absolute Gasteiger partial charge is 0.270 e. The fourth-order valence-corrected chi connectivity index (χ4v) is 1.86. The molecule has 0 atom stereocenters. The summed E-state index contributed by atoms with van der Waals surface area (Å²) in [5.74, 6) is 0. The van der Waals surface area contributed by atoms with E-state index in [0.29, 0.717) is 17.4 Å². The highest BCUT2D eigenvalue weighted by Crippen LogP contribution is 2.28. The Morgan fingerprint density at radius 1 is 1.60 bits per heavy atom. The van der Waals surface area contributed by atoms with Crippen LogP contribution in [0.3, 0.4) is 0 Å². The quantitative estimate of drug-likeness (QED) is 0.676. The number of nitrogens with two attached hydrogens (primary N) is 1. The number of rotatable bonds is 4. The molecule has 5 heteroatoms. The molecule has 0 aromatic heterocycles.